The van der Waals surface area contributed by atoms with Gasteiger partial charge in [0.1, 0.15) is 17.6 Å². The summed E-state index contributed by atoms with van der Waals surface area (Å²) in [4.78, 5) is 28.4. The van der Waals surface area contributed by atoms with Crippen LogP contribution >= 0.6 is 0 Å². The van der Waals surface area contributed by atoms with E-state index in [1.807, 2.05) is 11.8 Å². The summed E-state index contributed by atoms with van der Waals surface area (Å²) in [5.41, 5.74) is 0.179. The second-order valence-corrected chi connectivity index (χ2v) is 7.56. The van der Waals surface area contributed by atoms with Crippen LogP contribution in [-0.4, -0.2) is 67.9 Å². The summed E-state index contributed by atoms with van der Waals surface area (Å²) in [5.74, 6) is -0.667. The number of hydrogen-bond acceptors (Lipinski definition) is 5. The van der Waals surface area contributed by atoms with Crippen molar-refractivity contribution in [1.82, 2.24) is 10.2 Å². The van der Waals surface area contributed by atoms with Gasteiger partial charge in [-0.15, -0.1) is 0 Å². The molecule has 0 radical (unpaired) electrons. The molecule has 1 aromatic carbocycles. The first kappa shape index (κ1) is 19.1. The van der Waals surface area contributed by atoms with Crippen LogP contribution in [0.25, 0.3) is 0 Å². The topological polar surface area (TPSA) is 71.1 Å². The van der Waals surface area contributed by atoms with Gasteiger partial charge < -0.3 is 24.6 Å². The standard InChI is InChI=1S/C20H26FN3O4/c1-2-17-18(25)22-20(28-17)5-7-24(8-6-20)19(26)14-3-4-16(15(21)13-14)23-9-11-27-12-10-23/h3-4,13,17H,2,5-12H2,1H3,(H,22,25). The number of carbonyl (C=O) groups is 2. The van der Waals surface area contributed by atoms with Crippen LogP contribution < -0.4 is 10.2 Å². The number of anilines is 1. The molecule has 1 atom stereocenters. The predicted octanol–water partition coefficient (Wildman–Crippen LogP) is 1.52. The average molecular weight is 391 g/mol. The number of nitrogens with zero attached hydrogens (tertiary/aromatic N) is 2. The van der Waals surface area contributed by atoms with Crippen molar-refractivity contribution < 1.29 is 23.5 Å². The van der Waals surface area contributed by atoms with Crippen molar-refractivity contribution in [2.45, 2.75) is 38.0 Å². The third-order valence-corrected chi connectivity index (χ3v) is 5.79. The molecule has 7 nitrogen and oxygen atoms in total. The molecule has 28 heavy (non-hydrogen) atoms. The Morgan fingerprint density at radius 1 is 1.25 bits per heavy atom. The van der Waals surface area contributed by atoms with Gasteiger partial charge in [-0.1, -0.05) is 6.92 Å². The normalized spacial score (nSPS) is 24.5. The molecule has 3 fully saturated rings. The first-order valence-electron chi connectivity index (χ1n) is 9.93. The van der Waals surface area contributed by atoms with E-state index in [2.05, 4.69) is 5.32 Å². The van der Waals surface area contributed by atoms with Crippen molar-refractivity contribution in [3.63, 3.8) is 0 Å². The molecule has 3 saturated heterocycles. The number of amides is 2. The number of ether oxygens (including phenoxy) is 2. The molecule has 3 heterocycles. The van der Waals surface area contributed by atoms with E-state index in [0.29, 0.717) is 69.9 Å². The van der Waals surface area contributed by atoms with Gasteiger partial charge in [0.15, 0.2) is 0 Å². The van der Waals surface area contributed by atoms with Crippen LogP contribution in [0, 0.1) is 5.82 Å². The average Bonchev–Trinajstić information content (AvgIpc) is 3.03. The Balaban J connectivity index is 1.40. The first-order valence-corrected chi connectivity index (χ1v) is 9.93. The van der Waals surface area contributed by atoms with Crippen LogP contribution in [0.4, 0.5) is 10.1 Å². The van der Waals surface area contributed by atoms with E-state index in [0.717, 1.165) is 0 Å². The molecule has 8 heteroatoms. The highest BCUT2D eigenvalue weighted by Gasteiger charge is 2.46. The summed E-state index contributed by atoms with van der Waals surface area (Å²) in [6.45, 7) is 5.27. The van der Waals surface area contributed by atoms with Gasteiger partial charge in [-0.3, -0.25) is 9.59 Å². The number of nitrogens with one attached hydrogen (secondary N) is 1. The lowest BCUT2D eigenvalue weighted by Crippen LogP contribution is -2.53. The van der Waals surface area contributed by atoms with Crippen LogP contribution in [0.1, 0.15) is 36.5 Å². The molecule has 3 aliphatic rings. The largest absolute Gasteiger partial charge is 0.378 e. The monoisotopic (exact) mass is 391 g/mol. The number of hydrogen-bond donors (Lipinski definition) is 1. The van der Waals surface area contributed by atoms with Gasteiger partial charge in [-0.05, 0) is 24.6 Å². The molecule has 1 N–H and O–H groups in total. The maximum atomic E-state index is 14.6. The summed E-state index contributed by atoms with van der Waals surface area (Å²) in [6.07, 6.45) is 1.29. The molecule has 0 saturated carbocycles. The number of benzene rings is 1. The molecule has 2 amide bonds. The van der Waals surface area contributed by atoms with Crippen molar-refractivity contribution in [2.75, 3.05) is 44.3 Å². The minimum atomic E-state index is -0.667. The molecule has 3 aliphatic heterocycles. The van der Waals surface area contributed by atoms with E-state index >= 15 is 0 Å². The summed E-state index contributed by atoms with van der Waals surface area (Å²) < 4.78 is 25.8. The highest BCUT2D eigenvalue weighted by atomic mass is 19.1. The number of halogens is 1. The Kier molecular flexibility index (Phi) is 5.25. The smallest absolute Gasteiger partial charge is 0.253 e. The van der Waals surface area contributed by atoms with E-state index in [9.17, 15) is 14.0 Å². The highest BCUT2D eigenvalue weighted by Crippen LogP contribution is 2.31. The van der Waals surface area contributed by atoms with Crippen LogP contribution in [0.3, 0.4) is 0 Å². The molecular formula is C20H26FN3O4. The fourth-order valence-electron chi connectivity index (χ4n) is 4.13. The van der Waals surface area contributed by atoms with Gasteiger partial charge in [-0.25, -0.2) is 4.39 Å². The van der Waals surface area contributed by atoms with Crippen molar-refractivity contribution in [3.05, 3.63) is 29.6 Å². The number of morpholine rings is 1. The van der Waals surface area contributed by atoms with Crippen LogP contribution in [0.15, 0.2) is 18.2 Å². The molecular weight excluding hydrogens is 365 g/mol. The molecule has 1 aromatic rings. The van der Waals surface area contributed by atoms with Gasteiger partial charge in [-0.2, -0.15) is 0 Å². The van der Waals surface area contributed by atoms with Crippen molar-refractivity contribution in [1.29, 1.82) is 0 Å². The summed E-state index contributed by atoms with van der Waals surface area (Å²) >= 11 is 0. The number of rotatable bonds is 3. The van der Waals surface area contributed by atoms with Crippen LogP contribution in [-0.2, 0) is 14.3 Å². The zero-order valence-corrected chi connectivity index (χ0v) is 16.1. The lowest BCUT2D eigenvalue weighted by atomic mass is 10.00. The van der Waals surface area contributed by atoms with Gasteiger partial charge in [0.25, 0.3) is 11.8 Å². The fraction of sp³-hybridized carbons (Fsp3) is 0.600. The van der Waals surface area contributed by atoms with Crippen LogP contribution in [0.2, 0.25) is 0 Å². The second-order valence-electron chi connectivity index (χ2n) is 7.56. The number of carbonyl (C=O) groups excluding carboxylic acids is 2. The molecule has 1 unspecified atom stereocenters. The van der Waals surface area contributed by atoms with Gasteiger partial charge in [0.05, 0.1) is 18.9 Å². The Morgan fingerprint density at radius 3 is 2.57 bits per heavy atom. The summed E-state index contributed by atoms with van der Waals surface area (Å²) in [6, 6.07) is 4.67. The molecule has 152 valence electrons. The quantitative estimate of drug-likeness (QED) is 0.846. The summed E-state index contributed by atoms with van der Waals surface area (Å²) in [5, 5.41) is 2.95. The van der Waals surface area contributed by atoms with E-state index in [4.69, 9.17) is 9.47 Å². The van der Waals surface area contributed by atoms with E-state index < -0.39 is 17.6 Å². The maximum absolute atomic E-state index is 14.6. The third kappa shape index (κ3) is 3.58. The minimum Gasteiger partial charge on any atom is -0.378 e. The van der Waals surface area contributed by atoms with Crippen molar-refractivity contribution in [3.8, 4) is 0 Å². The van der Waals surface area contributed by atoms with Gasteiger partial charge >= 0.3 is 0 Å². The van der Waals surface area contributed by atoms with Gasteiger partial charge in [0.2, 0.25) is 0 Å². The molecule has 0 aliphatic carbocycles. The number of piperidine rings is 1. The molecule has 4 rings (SSSR count). The highest BCUT2D eigenvalue weighted by molar-refractivity contribution is 5.94. The van der Waals surface area contributed by atoms with E-state index in [1.165, 1.54) is 6.07 Å². The van der Waals surface area contributed by atoms with E-state index in [-0.39, 0.29) is 11.8 Å². The Morgan fingerprint density at radius 2 is 1.96 bits per heavy atom. The SMILES string of the molecule is CCC1OC2(CCN(C(=O)c3ccc(N4CCOCC4)c(F)c3)CC2)NC1=O. The van der Waals surface area contributed by atoms with E-state index in [1.54, 1.807) is 17.0 Å². The number of likely N-dealkylation sites (tertiary alicyclic amines) is 1. The molecule has 0 bridgehead atoms. The lowest BCUT2D eigenvalue weighted by molar-refractivity contribution is -0.124. The maximum Gasteiger partial charge on any atom is 0.253 e. The zero-order valence-electron chi connectivity index (χ0n) is 16.1. The lowest BCUT2D eigenvalue weighted by Gasteiger charge is -2.38. The predicted molar refractivity (Wildman–Crippen MR) is 101 cm³/mol. The Hall–Kier alpha value is -2.19. The van der Waals surface area contributed by atoms with Gasteiger partial charge in [0, 0.05) is 44.6 Å². The molecule has 0 aromatic heterocycles. The Labute approximate surface area is 163 Å². The van der Waals surface area contributed by atoms with Crippen molar-refractivity contribution in [2.24, 2.45) is 0 Å². The first-order chi connectivity index (χ1) is 13.5. The van der Waals surface area contributed by atoms with Crippen LogP contribution in [0.5, 0.6) is 0 Å². The fourth-order valence-corrected chi connectivity index (χ4v) is 4.13. The summed E-state index contributed by atoms with van der Waals surface area (Å²) in [7, 11) is 0. The van der Waals surface area contributed by atoms with Crippen molar-refractivity contribution >= 4 is 17.5 Å². The Bertz CT molecular complexity index is 758. The third-order valence-electron chi connectivity index (χ3n) is 5.79. The molecule has 1 spiro atoms. The zero-order chi connectivity index (χ0) is 19.7. The second kappa shape index (κ2) is 7.67. The minimum absolute atomic E-state index is 0.0805.